The number of morpholine rings is 1. The molecule has 1 aliphatic heterocycles. The van der Waals surface area contributed by atoms with Gasteiger partial charge in [0.15, 0.2) is 6.61 Å². The first-order valence-corrected chi connectivity index (χ1v) is 11.3. The quantitative estimate of drug-likeness (QED) is 0.305. The number of hydrogen-bond acceptors (Lipinski definition) is 9. The molecule has 35 heavy (non-hydrogen) atoms. The minimum atomic E-state index is -0.842. The van der Waals surface area contributed by atoms with Gasteiger partial charge in [-0.05, 0) is 26.8 Å². The fourth-order valence-electron chi connectivity index (χ4n) is 3.58. The van der Waals surface area contributed by atoms with Crippen LogP contribution in [0, 0.1) is 17.0 Å². The number of benzene rings is 2. The van der Waals surface area contributed by atoms with Crippen LogP contribution in [-0.2, 0) is 14.3 Å². The lowest BCUT2D eigenvalue weighted by molar-refractivity contribution is -0.385. The first kappa shape index (κ1) is 25.8. The van der Waals surface area contributed by atoms with Crippen molar-refractivity contribution >= 4 is 28.9 Å². The van der Waals surface area contributed by atoms with E-state index in [1.165, 1.54) is 12.1 Å². The van der Waals surface area contributed by atoms with Crippen molar-refractivity contribution in [3.63, 3.8) is 0 Å². The topological polar surface area (TPSA) is 129 Å². The summed E-state index contributed by atoms with van der Waals surface area (Å²) >= 11 is 0. The van der Waals surface area contributed by atoms with Gasteiger partial charge in [0.1, 0.15) is 11.5 Å². The monoisotopic (exact) mass is 487 g/mol. The van der Waals surface area contributed by atoms with Gasteiger partial charge in [0.2, 0.25) is 0 Å². The first-order chi connectivity index (χ1) is 16.8. The average molecular weight is 488 g/mol. The van der Waals surface area contributed by atoms with Crippen molar-refractivity contribution < 1.29 is 33.5 Å². The van der Waals surface area contributed by atoms with E-state index in [1.54, 1.807) is 13.0 Å². The molecule has 1 N–H and O–H groups in total. The predicted octanol–water partition coefficient (Wildman–Crippen LogP) is 3.33. The maximum atomic E-state index is 12.6. The van der Waals surface area contributed by atoms with Crippen LogP contribution in [0.4, 0.5) is 17.1 Å². The molecule has 1 aliphatic rings. The summed E-state index contributed by atoms with van der Waals surface area (Å²) in [6, 6.07) is 7.49. The molecule has 1 heterocycles. The second-order valence-electron chi connectivity index (χ2n) is 7.66. The van der Waals surface area contributed by atoms with Crippen LogP contribution in [0.5, 0.6) is 11.5 Å². The third-order valence-electron chi connectivity index (χ3n) is 5.26. The van der Waals surface area contributed by atoms with E-state index < -0.39 is 23.4 Å². The number of nitro groups is 1. The summed E-state index contributed by atoms with van der Waals surface area (Å²) in [5, 5.41) is 13.8. The Labute approximate surface area is 203 Å². The van der Waals surface area contributed by atoms with Crippen LogP contribution in [0.3, 0.4) is 0 Å². The van der Waals surface area contributed by atoms with Crippen molar-refractivity contribution in [2.45, 2.75) is 20.8 Å². The van der Waals surface area contributed by atoms with Crippen molar-refractivity contribution in [1.29, 1.82) is 0 Å². The molecule has 2 aromatic rings. The first-order valence-electron chi connectivity index (χ1n) is 11.3. The molecule has 0 unspecified atom stereocenters. The van der Waals surface area contributed by atoms with Crippen LogP contribution in [0.2, 0.25) is 0 Å². The Morgan fingerprint density at radius 2 is 1.77 bits per heavy atom. The van der Waals surface area contributed by atoms with E-state index in [1.807, 2.05) is 19.9 Å². The largest absolute Gasteiger partial charge is 0.492 e. The van der Waals surface area contributed by atoms with Crippen LogP contribution >= 0.6 is 0 Å². The number of aryl methyl sites for hydroxylation is 1. The molecule has 11 heteroatoms. The van der Waals surface area contributed by atoms with Crippen molar-refractivity contribution in [3.05, 3.63) is 51.6 Å². The highest BCUT2D eigenvalue weighted by molar-refractivity contribution is 5.97. The molecule has 0 saturated carbocycles. The summed E-state index contributed by atoms with van der Waals surface area (Å²) < 4.78 is 22.1. The minimum absolute atomic E-state index is 0.0152. The number of amides is 1. The number of carbonyl (C=O) groups is 2. The fraction of sp³-hybridized carbons (Fsp3) is 0.417. The van der Waals surface area contributed by atoms with Gasteiger partial charge in [0.05, 0.1) is 48.3 Å². The lowest BCUT2D eigenvalue weighted by atomic mass is 10.1. The number of rotatable bonds is 10. The van der Waals surface area contributed by atoms with Gasteiger partial charge >= 0.3 is 5.97 Å². The van der Waals surface area contributed by atoms with Crippen LogP contribution < -0.4 is 19.7 Å². The Morgan fingerprint density at radius 1 is 1.09 bits per heavy atom. The summed E-state index contributed by atoms with van der Waals surface area (Å²) in [4.78, 5) is 37.6. The Balaban J connectivity index is 1.74. The fourth-order valence-corrected chi connectivity index (χ4v) is 3.58. The third-order valence-corrected chi connectivity index (χ3v) is 5.26. The molecule has 188 valence electrons. The maximum absolute atomic E-state index is 12.6. The molecule has 2 aromatic carbocycles. The zero-order chi connectivity index (χ0) is 25.4. The molecular formula is C24H29N3O8. The summed E-state index contributed by atoms with van der Waals surface area (Å²) in [6.07, 6.45) is 0. The number of esters is 1. The smallest absolute Gasteiger partial charge is 0.338 e. The van der Waals surface area contributed by atoms with E-state index in [0.717, 1.165) is 11.8 Å². The molecule has 1 saturated heterocycles. The number of nitrogens with zero attached hydrogens (tertiary/aromatic N) is 2. The molecule has 1 fully saturated rings. The van der Waals surface area contributed by atoms with Crippen LogP contribution in [0.15, 0.2) is 30.3 Å². The van der Waals surface area contributed by atoms with Crippen LogP contribution in [0.1, 0.15) is 29.8 Å². The number of carbonyl (C=O) groups excluding carboxylic acids is 2. The van der Waals surface area contributed by atoms with Crippen molar-refractivity contribution in [2.75, 3.05) is 56.3 Å². The highest BCUT2D eigenvalue weighted by Crippen LogP contribution is 2.39. The zero-order valence-corrected chi connectivity index (χ0v) is 20.0. The lowest BCUT2D eigenvalue weighted by Crippen LogP contribution is -2.36. The lowest BCUT2D eigenvalue weighted by Gasteiger charge is -2.31. The Bertz CT molecular complexity index is 1080. The van der Waals surface area contributed by atoms with Crippen LogP contribution in [-0.4, -0.2) is 62.9 Å². The van der Waals surface area contributed by atoms with Gasteiger partial charge in [0.25, 0.3) is 11.6 Å². The Kier molecular flexibility index (Phi) is 8.85. The molecular weight excluding hydrogens is 458 g/mol. The van der Waals surface area contributed by atoms with E-state index in [0.29, 0.717) is 62.3 Å². The zero-order valence-electron chi connectivity index (χ0n) is 20.0. The van der Waals surface area contributed by atoms with Gasteiger partial charge in [-0.3, -0.25) is 14.9 Å². The average Bonchev–Trinajstić information content (AvgIpc) is 2.85. The van der Waals surface area contributed by atoms with Gasteiger partial charge in [-0.2, -0.15) is 0 Å². The van der Waals surface area contributed by atoms with Gasteiger partial charge in [-0.1, -0.05) is 6.07 Å². The standard InChI is InChI=1S/C24H29N3O8/c1-4-33-21-14-20(26-8-10-32-11-9-26)22(34-5-2)13-18(21)25-23(28)15-35-24(29)17-7-6-16(3)19(12-17)27(30)31/h6-7,12-14H,4-5,8-11,15H2,1-3H3,(H,25,28). The predicted molar refractivity (Wildman–Crippen MR) is 129 cm³/mol. The van der Waals surface area contributed by atoms with E-state index in [2.05, 4.69) is 10.2 Å². The number of hydrogen-bond donors (Lipinski definition) is 1. The number of anilines is 2. The second-order valence-corrected chi connectivity index (χ2v) is 7.66. The third kappa shape index (κ3) is 6.60. The van der Waals surface area contributed by atoms with Crippen molar-refractivity contribution in [3.8, 4) is 11.5 Å². The summed E-state index contributed by atoms with van der Waals surface area (Å²) in [6.45, 7) is 8.09. The molecule has 11 nitrogen and oxygen atoms in total. The highest BCUT2D eigenvalue weighted by Gasteiger charge is 2.21. The minimum Gasteiger partial charge on any atom is -0.492 e. The van der Waals surface area contributed by atoms with Gasteiger partial charge in [-0.25, -0.2) is 4.79 Å². The van der Waals surface area contributed by atoms with Crippen LogP contribution in [0.25, 0.3) is 0 Å². The normalized spacial score (nSPS) is 13.2. The Hall–Kier alpha value is -3.86. The molecule has 3 rings (SSSR count). The molecule has 0 spiro atoms. The van der Waals surface area contributed by atoms with E-state index in [9.17, 15) is 19.7 Å². The van der Waals surface area contributed by atoms with Gasteiger partial charge in [0, 0.05) is 36.9 Å². The Morgan fingerprint density at radius 3 is 2.43 bits per heavy atom. The number of nitro benzene ring substituents is 1. The van der Waals surface area contributed by atoms with Crippen molar-refractivity contribution in [1.82, 2.24) is 0 Å². The second kappa shape index (κ2) is 12.0. The summed E-state index contributed by atoms with van der Waals surface area (Å²) in [5.41, 5.74) is 1.41. The molecule has 0 aliphatic carbocycles. The van der Waals surface area contributed by atoms with E-state index in [4.69, 9.17) is 18.9 Å². The molecule has 1 amide bonds. The molecule has 0 aromatic heterocycles. The number of ether oxygens (including phenoxy) is 4. The highest BCUT2D eigenvalue weighted by atomic mass is 16.6. The molecule has 0 radical (unpaired) electrons. The number of nitrogens with one attached hydrogen (secondary N) is 1. The summed E-state index contributed by atoms with van der Waals surface area (Å²) in [5.74, 6) is -0.406. The van der Waals surface area contributed by atoms with Crippen molar-refractivity contribution in [2.24, 2.45) is 0 Å². The van der Waals surface area contributed by atoms with E-state index >= 15 is 0 Å². The molecule has 0 atom stereocenters. The maximum Gasteiger partial charge on any atom is 0.338 e. The SMILES string of the molecule is CCOc1cc(N2CCOCC2)c(OCC)cc1NC(=O)COC(=O)c1ccc(C)c([N+](=O)[O-])c1. The van der Waals surface area contributed by atoms with Gasteiger partial charge < -0.3 is 29.2 Å². The summed E-state index contributed by atoms with van der Waals surface area (Å²) in [7, 11) is 0. The van der Waals surface area contributed by atoms with Gasteiger partial charge in [-0.15, -0.1) is 0 Å². The molecule has 0 bridgehead atoms. The van der Waals surface area contributed by atoms with E-state index in [-0.39, 0.29) is 11.3 Å².